The number of nitrogens with zero attached hydrogens (tertiary/aromatic N) is 5. The lowest BCUT2D eigenvalue weighted by molar-refractivity contribution is -0.140. The second-order valence-corrected chi connectivity index (χ2v) is 8.95. The van der Waals surface area contributed by atoms with Gasteiger partial charge in [0.1, 0.15) is 11.0 Å². The summed E-state index contributed by atoms with van der Waals surface area (Å²) in [6, 6.07) is 0. The number of imide groups is 1. The molecule has 2 N–H and O–H groups in total. The molecule has 5 rings (SSSR count). The number of carbonyl (C=O) groups excluding carboxylic acids is 2. The molecule has 4 atom stereocenters. The van der Waals surface area contributed by atoms with Crippen LogP contribution in [0, 0.1) is 23.7 Å². The van der Waals surface area contributed by atoms with Gasteiger partial charge in [0, 0.05) is 32.7 Å². The maximum atomic E-state index is 12.7. The summed E-state index contributed by atoms with van der Waals surface area (Å²) in [6.45, 7) is 5.30. The van der Waals surface area contributed by atoms with E-state index in [0.29, 0.717) is 23.5 Å². The van der Waals surface area contributed by atoms with E-state index < -0.39 is 0 Å². The number of anilines is 1. The number of hydrogen-bond acceptors (Lipinski definition) is 6. The van der Waals surface area contributed by atoms with Gasteiger partial charge < -0.3 is 10.4 Å². The van der Waals surface area contributed by atoms with Crippen LogP contribution in [0.15, 0.2) is 24.5 Å². The number of likely N-dealkylation sites (tertiary alicyclic amines) is 1. The van der Waals surface area contributed by atoms with E-state index in [-0.39, 0.29) is 41.5 Å². The average Bonchev–Trinajstić information content (AvgIpc) is 3.41. The highest BCUT2D eigenvalue weighted by molar-refractivity contribution is 6.29. The first kappa shape index (κ1) is 23.9. The summed E-state index contributed by atoms with van der Waals surface area (Å²) < 4.78 is 0. The number of aromatic nitrogens is 2. The Bertz CT molecular complexity index is 816. The molecule has 3 heterocycles. The Morgan fingerprint density at radius 1 is 0.935 bits per heavy atom. The number of allylic oxidation sites excluding steroid dienone is 2. The summed E-state index contributed by atoms with van der Waals surface area (Å²) >= 11 is 5.94. The van der Waals surface area contributed by atoms with Crippen LogP contribution in [0.3, 0.4) is 0 Å². The lowest BCUT2D eigenvalue weighted by atomic mass is 9.85. The fourth-order valence-corrected chi connectivity index (χ4v) is 5.62. The number of carbonyl (C=O) groups is 2. The van der Waals surface area contributed by atoms with E-state index in [1.807, 2.05) is 0 Å². The molecule has 2 saturated heterocycles. The van der Waals surface area contributed by atoms with Crippen molar-refractivity contribution >= 4 is 41.6 Å². The first-order valence-corrected chi connectivity index (χ1v) is 11.0. The fraction of sp³-hybridized carbons (Fsp3) is 0.619. The van der Waals surface area contributed by atoms with Crippen LogP contribution in [0.25, 0.3) is 0 Å². The molecule has 0 aromatic carbocycles. The number of unbranched alkanes of at least 4 members (excludes halogenated alkanes) is 1. The molecule has 2 aliphatic carbocycles. The first-order chi connectivity index (χ1) is 14.1. The summed E-state index contributed by atoms with van der Waals surface area (Å²) in [4.78, 5) is 40.1. The molecule has 1 saturated carbocycles. The first-order valence-electron chi connectivity index (χ1n) is 10.6. The van der Waals surface area contributed by atoms with Gasteiger partial charge in [-0.2, -0.15) is 0 Å². The Labute approximate surface area is 193 Å². The topological polar surface area (TPSA) is 101 Å². The summed E-state index contributed by atoms with van der Waals surface area (Å²) in [5, 5.41) is 0.420. The minimum Gasteiger partial charge on any atom is -0.412 e. The number of rotatable bonds is 6. The second-order valence-electron chi connectivity index (χ2n) is 8.56. The molecular formula is C21H29Cl2N5O3. The van der Waals surface area contributed by atoms with E-state index in [0.717, 1.165) is 57.8 Å². The van der Waals surface area contributed by atoms with Crippen molar-refractivity contribution in [1.82, 2.24) is 19.8 Å². The van der Waals surface area contributed by atoms with Gasteiger partial charge in [-0.05, 0) is 37.6 Å². The molecule has 2 aliphatic heterocycles. The normalized spacial score (nSPS) is 29.2. The van der Waals surface area contributed by atoms with Crippen molar-refractivity contribution < 1.29 is 15.1 Å². The summed E-state index contributed by atoms with van der Waals surface area (Å²) in [5.41, 5.74) is 0. The predicted octanol–water partition coefficient (Wildman–Crippen LogP) is 1.44. The zero-order valence-electron chi connectivity index (χ0n) is 17.3. The zero-order chi connectivity index (χ0) is 20.0. The highest BCUT2D eigenvalue weighted by atomic mass is 35.5. The van der Waals surface area contributed by atoms with Crippen LogP contribution in [0.5, 0.6) is 0 Å². The number of hydrogen-bond donors (Lipinski definition) is 0. The van der Waals surface area contributed by atoms with Crippen LogP contribution in [0.2, 0.25) is 5.15 Å². The van der Waals surface area contributed by atoms with Crippen molar-refractivity contribution in [2.24, 2.45) is 23.7 Å². The number of fused-ring (bicyclic) bond motifs is 5. The number of amides is 2. The molecule has 31 heavy (non-hydrogen) atoms. The van der Waals surface area contributed by atoms with Crippen molar-refractivity contribution in [3.8, 4) is 0 Å². The second kappa shape index (κ2) is 9.81. The highest BCUT2D eigenvalue weighted by Crippen LogP contribution is 2.52. The summed E-state index contributed by atoms with van der Waals surface area (Å²) in [7, 11) is 0. The van der Waals surface area contributed by atoms with Crippen LogP contribution < -0.4 is 4.90 Å². The van der Waals surface area contributed by atoms with Gasteiger partial charge in [0.2, 0.25) is 11.8 Å². The van der Waals surface area contributed by atoms with Gasteiger partial charge in [0.15, 0.2) is 0 Å². The summed E-state index contributed by atoms with van der Waals surface area (Å²) in [6.07, 6.45) is 10.5. The van der Waals surface area contributed by atoms with E-state index in [9.17, 15) is 9.59 Å². The van der Waals surface area contributed by atoms with Crippen molar-refractivity contribution in [1.29, 1.82) is 0 Å². The highest BCUT2D eigenvalue weighted by Gasteiger charge is 2.58. The Kier molecular flexibility index (Phi) is 7.57. The van der Waals surface area contributed by atoms with Crippen molar-refractivity contribution in [3.05, 3.63) is 29.7 Å². The molecule has 10 heteroatoms. The molecule has 2 amide bonds. The molecule has 0 radical (unpaired) electrons. The Morgan fingerprint density at radius 3 is 2.16 bits per heavy atom. The smallest absolute Gasteiger partial charge is 0.233 e. The lowest BCUT2D eigenvalue weighted by Gasteiger charge is -2.35. The minimum atomic E-state index is -0.0693. The van der Waals surface area contributed by atoms with Crippen molar-refractivity contribution in [2.45, 2.75) is 19.3 Å². The van der Waals surface area contributed by atoms with E-state index in [2.05, 4.69) is 31.9 Å². The minimum absolute atomic E-state index is 0. The van der Waals surface area contributed by atoms with Crippen LogP contribution in [0.4, 0.5) is 5.82 Å². The standard InChI is InChI=1S/C21H26ClN5O2.ClH.H2O/c22-16-12-23-13-17(24-16)26-9-7-25(8-10-26)5-1-2-6-27-20(28)18-14-3-4-15(11-14)19(18)21(27)29;;/h3-4,12-15,18-19H,1-2,5-11H2;1H;1H2. The van der Waals surface area contributed by atoms with Gasteiger partial charge in [-0.3, -0.25) is 24.4 Å². The third kappa shape index (κ3) is 4.44. The SMILES string of the molecule is Cl.O.O=C1C2C3C=CC(C3)C2C(=O)N1CCCCN1CCN(c2cncc(Cl)n2)CC1. The summed E-state index contributed by atoms with van der Waals surface area (Å²) in [5.74, 6) is 1.44. The predicted molar refractivity (Wildman–Crippen MR) is 120 cm³/mol. The Balaban J connectivity index is 0.00000136. The monoisotopic (exact) mass is 469 g/mol. The maximum absolute atomic E-state index is 12.7. The van der Waals surface area contributed by atoms with E-state index in [1.54, 1.807) is 17.3 Å². The van der Waals surface area contributed by atoms with Crippen LogP contribution in [-0.2, 0) is 9.59 Å². The molecule has 170 valence electrons. The van der Waals surface area contributed by atoms with Gasteiger partial charge in [-0.15, -0.1) is 12.4 Å². The van der Waals surface area contributed by atoms with Gasteiger partial charge >= 0.3 is 0 Å². The quantitative estimate of drug-likeness (QED) is 0.354. The Morgan fingerprint density at radius 2 is 1.55 bits per heavy atom. The van der Waals surface area contributed by atoms with E-state index in [1.165, 1.54) is 0 Å². The number of halogens is 2. The molecule has 4 aliphatic rings. The zero-order valence-corrected chi connectivity index (χ0v) is 18.9. The van der Waals surface area contributed by atoms with Crippen LogP contribution >= 0.6 is 24.0 Å². The molecule has 1 aromatic heterocycles. The Hall–Kier alpha value is -1.74. The van der Waals surface area contributed by atoms with Gasteiger partial charge in [-0.1, -0.05) is 23.8 Å². The third-order valence-corrected chi connectivity index (χ3v) is 7.14. The van der Waals surface area contributed by atoms with Crippen molar-refractivity contribution in [3.63, 3.8) is 0 Å². The fourth-order valence-electron chi connectivity index (χ4n) is 5.48. The number of piperazine rings is 1. The van der Waals surface area contributed by atoms with Crippen LogP contribution in [-0.4, -0.2) is 76.3 Å². The molecule has 0 spiro atoms. The van der Waals surface area contributed by atoms with Crippen molar-refractivity contribution in [2.75, 3.05) is 44.2 Å². The molecule has 4 unspecified atom stereocenters. The molecule has 2 bridgehead atoms. The van der Waals surface area contributed by atoms with Gasteiger partial charge in [0.25, 0.3) is 0 Å². The molecule has 3 fully saturated rings. The molecular weight excluding hydrogens is 441 g/mol. The third-order valence-electron chi connectivity index (χ3n) is 6.96. The van der Waals surface area contributed by atoms with Gasteiger partial charge in [-0.25, -0.2) is 4.98 Å². The largest absolute Gasteiger partial charge is 0.412 e. The maximum Gasteiger partial charge on any atom is 0.233 e. The molecule has 1 aromatic rings. The average molecular weight is 470 g/mol. The van der Waals surface area contributed by atoms with Gasteiger partial charge in [0.05, 0.1) is 24.2 Å². The van der Waals surface area contributed by atoms with E-state index >= 15 is 0 Å². The van der Waals surface area contributed by atoms with Crippen LogP contribution in [0.1, 0.15) is 19.3 Å². The molecule has 8 nitrogen and oxygen atoms in total. The van der Waals surface area contributed by atoms with E-state index in [4.69, 9.17) is 11.6 Å². The lowest BCUT2D eigenvalue weighted by Crippen LogP contribution is -2.47.